The Balaban J connectivity index is 2.38. The number of aliphatic hydroxyl groups is 5. The van der Waals surface area contributed by atoms with E-state index >= 15 is 0 Å². The van der Waals surface area contributed by atoms with E-state index in [-0.39, 0.29) is 12.8 Å². The fourth-order valence-electron chi connectivity index (χ4n) is 7.41. The lowest BCUT2D eigenvalue weighted by Crippen LogP contribution is -2.64. The second-order valence-electron chi connectivity index (χ2n) is 16.6. The zero-order valence-electron chi connectivity index (χ0n) is 36.4. The predicted octanol–water partition coefficient (Wildman–Crippen LogP) is 8.89. The third-order valence-electron chi connectivity index (χ3n) is 11.2. The fourth-order valence-corrected chi connectivity index (χ4v) is 8.38. The monoisotopic (exact) mass is 853 g/mol. The largest absolute Gasteiger partial charge is 0.472 e. The van der Waals surface area contributed by atoms with Gasteiger partial charge in [0.15, 0.2) is 6.10 Å². The van der Waals surface area contributed by atoms with Crippen LogP contribution in [0.2, 0.25) is 0 Å². The highest BCUT2D eigenvalue weighted by atomic mass is 31.2. The van der Waals surface area contributed by atoms with Crippen molar-refractivity contribution in [1.82, 2.24) is 0 Å². The fraction of sp³-hybridized carbons (Fsp3) is 0.955. The molecule has 6 unspecified atom stereocenters. The number of phosphoric acid groups is 1. The summed E-state index contributed by atoms with van der Waals surface area (Å²) in [5.74, 6) is -1.09. The van der Waals surface area contributed by atoms with Crippen molar-refractivity contribution >= 4 is 19.8 Å². The molecule has 13 nitrogen and oxygen atoms in total. The lowest BCUT2D eigenvalue weighted by atomic mass is 9.85. The molecular formula is C44H85O13P. The van der Waals surface area contributed by atoms with Gasteiger partial charge in [0.1, 0.15) is 43.2 Å². The summed E-state index contributed by atoms with van der Waals surface area (Å²) in [4.78, 5) is 35.6. The van der Waals surface area contributed by atoms with E-state index in [2.05, 4.69) is 13.8 Å². The van der Waals surface area contributed by atoms with Crippen molar-refractivity contribution < 1.29 is 63.1 Å². The molecule has 1 fully saturated rings. The van der Waals surface area contributed by atoms with Crippen molar-refractivity contribution in [2.45, 2.75) is 256 Å². The second-order valence-corrected chi connectivity index (χ2v) is 18.0. The predicted molar refractivity (Wildman–Crippen MR) is 226 cm³/mol. The summed E-state index contributed by atoms with van der Waals surface area (Å²) in [6.07, 6.45) is 21.7. The number of hydrogen-bond acceptors (Lipinski definition) is 12. The molecule has 0 radical (unpaired) electrons. The lowest BCUT2D eigenvalue weighted by Gasteiger charge is -2.41. The minimum absolute atomic E-state index is 0.103. The molecule has 0 aliphatic heterocycles. The summed E-state index contributed by atoms with van der Waals surface area (Å²) in [6.45, 7) is 3.30. The van der Waals surface area contributed by atoms with Crippen molar-refractivity contribution in [1.29, 1.82) is 0 Å². The average Bonchev–Trinajstić information content (AvgIpc) is 3.20. The SMILES string of the molecule is CCCCCCCCCCCCCCCCCCCCCC(=O)OC[C@H](COP(=O)(O)OC1C(O)C(O)C(O)[C@@H](O)C1O)OC(=O)CCCCCCCCCCCC. The summed E-state index contributed by atoms with van der Waals surface area (Å²) in [5.41, 5.74) is 0. The number of carbonyl (C=O) groups excluding carboxylic acids is 2. The molecule has 14 heteroatoms. The van der Waals surface area contributed by atoms with Crippen LogP contribution in [0.4, 0.5) is 0 Å². The standard InChI is InChI=1S/C44H85O13P/c1-3-5-7-9-11-13-15-16-17-18-19-20-21-22-23-25-26-28-30-32-37(45)54-34-36(56-38(46)33-31-29-27-24-14-12-10-8-6-4-2)35-55-58(52,53)57-44-42(50)40(48)39(47)41(49)43(44)51/h36,39-44,47-51H,3-35H2,1-2H3,(H,52,53)/t36-,39?,40-,41?,42?,43?,44?/m1/s1. The zero-order valence-corrected chi connectivity index (χ0v) is 37.3. The van der Waals surface area contributed by atoms with Crippen molar-refractivity contribution in [2.75, 3.05) is 13.2 Å². The van der Waals surface area contributed by atoms with E-state index in [1.165, 1.54) is 128 Å². The Bertz CT molecular complexity index is 1030. The molecule has 1 rings (SSSR count). The average molecular weight is 853 g/mol. The Morgan fingerprint density at radius 1 is 0.466 bits per heavy atom. The number of phosphoric ester groups is 1. The maximum Gasteiger partial charge on any atom is 0.472 e. The maximum atomic E-state index is 12.8. The van der Waals surface area contributed by atoms with Crippen molar-refractivity contribution in [2.24, 2.45) is 0 Å². The Morgan fingerprint density at radius 2 is 0.776 bits per heavy atom. The van der Waals surface area contributed by atoms with Crippen LogP contribution in [0.15, 0.2) is 0 Å². The van der Waals surface area contributed by atoms with Gasteiger partial charge in [0, 0.05) is 12.8 Å². The molecule has 0 heterocycles. The summed E-state index contributed by atoms with van der Waals surface area (Å²) in [5, 5.41) is 50.1. The minimum Gasteiger partial charge on any atom is -0.462 e. The first-order valence-electron chi connectivity index (χ1n) is 23.3. The molecule has 8 atom stereocenters. The first-order valence-corrected chi connectivity index (χ1v) is 24.8. The Kier molecular flexibility index (Phi) is 33.5. The van der Waals surface area contributed by atoms with Gasteiger partial charge in [0.25, 0.3) is 0 Å². The number of unbranched alkanes of at least 4 members (excludes halogenated alkanes) is 27. The summed E-state index contributed by atoms with van der Waals surface area (Å²) < 4.78 is 33.5. The highest BCUT2D eigenvalue weighted by Gasteiger charge is 2.51. The van der Waals surface area contributed by atoms with Crippen LogP contribution < -0.4 is 0 Å². The van der Waals surface area contributed by atoms with Crippen molar-refractivity contribution in [3.05, 3.63) is 0 Å². The van der Waals surface area contributed by atoms with Crippen LogP contribution in [0.3, 0.4) is 0 Å². The quantitative estimate of drug-likeness (QED) is 0.0194. The van der Waals surface area contributed by atoms with E-state index in [9.17, 15) is 44.6 Å². The molecule has 344 valence electrons. The van der Waals surface area contributed by atoms with E-state index in [0.717, 1.165) is 44.9 Å². The molecule has 0 bridgehead atoms. The van der Waals surface area contributed by atoms with Crippen LogP contribution in [0.5, 0.6) is 0 Å². The van der Waals surface area contributed by atoms with E-state index in [0.29, 0.717) is 12.8 Å². The van der Waals surface area contributed by atoms with Crippen LogP contribution in [-0.4, -0.2) is 98.3 Å². The van der Waals surface area contributed by atoms with Gasteiger partial charge in [0.2, 0.25) is 0 Å². The van der Waals surface area contributed by atoms with Gasteiger partial charge in [-0.3, -0.25) is 18.6 Å². The van der Waals surface area contributed by atoms with E-state index < -0.39 is 75.7 Å². The van der Waals surface area contributed by atoms with Gasteiger partial charge in [-0.05, 0) is 12.8 Å². The molecule has 0 amide bonds. The molecule has 6 N–H and O–H groups in total. The number of hydrogen-bond donors (Lipinski definition) is 6. The molecule has 0 spiro atoms. The Morgan fingerprint density at radius 3 is 1.14 bits per heavy atom. The van der Waals surface area contributed by atoms with E-state index in [4.69, 9.17) is 18.5 Å². The molecule has 1 saturated carbocycles. The lowest BCUT2D eigenvalue weighted by molar-refractivity contribution is -0.220. The minimum atomic E-state index is -5.11. The topological polar surface area (TPSA) is 210 Å². The number of esters is 2. The molecule has 0 aromatic carbocycles. The first-order chi connectivity index (χ1) is 27.9. The third kappa shape index (κ3) is 27.6. The molecule has 58 heavy (non-hydrogen) atoms. The van der Waals surface area contributed by atoms with E-state index in [1.807, 2.05) is 0 Å². The van der Waals surface area contributed by atoms with Crippen LogP contribution in [0.1, 0.15) is 213 Å². The van der Waals surface area contributed by atoms with Crippen molar-refractivity contribution in [3.8, 4) is 0 Å². The zero-order chi connectivity index (χ0) is 42.9. The van der Waals surface area contributed by atoms with Crippen LogP contribution in [-0.2, 0) is 32.7 Å². The van der Waals surface area contributed by atoms with Crippen molar-refractivity contribution in [3.63, 3.8) is 0 Å². The van der Waals surface area contributed by atoms with Gasteiger partial charge in [0.05, 0.1) is 6.61 Å². The third-order valence-corrected chi connectivity index (χ3v) is 12.2. The van der Waals surface area contributed by atoms with Crippen LogP contribution in [0.25, 0.3) is 0 Å². The number of ether oxygens (including phenoxy) is 2. The van der Waals surface area contributed by atoms with Gasteiger partial charge >= 0.3 is 19.8 Å². The number of rotatable bonds is 39. The Labute approximate surface area is 351 Å². The smallest absolute Gasteiger partial charge is 0.462 e. The molecule has 0 aromatic heterocycles. The molecular weight excluding hydrogens is 767 g/mol. The number of aliphatic hydroxyl groups excluding tert-OH is 5. The van der Waals surface area contributed by atoms with Crippen LogP contribution >= 0.6 is 7.82 Å². The maximum absolute atomic E-state index is 12.8. The van der Waals surface area contributed by atoms with Gasteiger partial charge in [-0.1, -0.05) is 187 Å². The van der Waals surface area contributed by atoms with Crippen LogP contribution in [0, 0.1) is 0 Å². The molecule has 0 aromatic rings. The van der Waals surface area contributed by atoms with Gasteiger partial charge in [-0.25, -0.2) is 4.57 Å². The summed E-state index contributed by atoms with van der Waals surface area (Å²) in [6, 6.07) is 0. The summed E-state index contributed by atoms with van der Waals surface area (Å²) in [7, 11) is -5.11. The first kappa shape index (κ1) is 54.9. The van der Waals surface area contributed by atoms with Gasteiger partial charge in [-0.15, -0.1) is 0 Å². The summed E-state index contributed by atoms with van der Waals surface area (Å²) >= 11 is 0. The molecule has 1 aliphatic rings. The van der Waals surface area contributed by atoms with E-state index in [1.54, 1.807) is 0 Å². The van der Waals surface area contributed by atoms with Gasteiger partial charge < -0.3 is 39.9 Å². The molecule has 0 saturated heterocycles. The highest BCUT2D eigenvalue weighted by molar-refractivity contribution is 7.47. The number of carbonyl (C=O) groups is 2. The Hall–Kier alpha value is -1.15. The molecule has 1 aliphatic carbocycles. The normalized spacial score (nSPS) is 22.4. The van der Waals surface area contributed by atoms with Gasteiger partial charge in [-0.2, -0.15) is 0 Å². The highest BCUT2D eigenvalue weighted by Crippen LogP contribution is 2.47. The second kappa shape index (κ2) is 35.4.